The lowest BCUT2D eigenvalue weighted by atomic mass is 10.1. The van der Waals surface area contributed by atoms with Crippen molar-refractivity contribution < 1.29 is 31.1 Å². The highest BCUT2D eigenvalue weighted by atomic mass is 19.4. The molecule has 0 aliphatic carbocycles. The third-order valence-electron chi connectivity index (χ3n) is 3.77. The van der Waals surface area contributed by atoms with Gasteiger partial charge in [-0.15, -0.1) is 13.2 Å². The van der Waals surface area contributed by atoms with Crippen molar-refractivity contribution in [3.63, 3.8) is 0 Å². The molecule has 28 heavy (non-hydrogen) atoms. The molecule has 0 atom stereocenters. The third kappa shape index (κ3) is 4.96. The van der Waals surface area contributed by atoms with Crippen LogP contribution < -0.4 is 10.1 Å². The van der Waals surface area contributed by atoms with Gasteiger partial charge in [0.1, 0.15) is 5.75 Å². The molecule has 0 aliphatic heterocycles. The summed E-state index contributed by atoms with van der Waals surface area (Å²) in [5.41, 5.74) is 1.24. The topological polar surface area (TPSA) is 49.9 Å². The molecular formula is C18H13F6N3O. The number of H-pyrrole nitrogens is 1. The lowest BCUT2D eigenvalue weighted by molar-refractivity contribution is -0.274. The van der Waals surface area contributed by atoms with Crippen LogP contribution in [0.15, 0.2) is 54.7 Å². The van der Waals surface area contributed by atoms with Crippen LogP contribution in [0.4, 0.5) is 32.0 Å². The zero-order chi connectivity index (χ0) is 20.4. The number of hydrogen-bond donors (Lipinski definition) is 2. The summed E-state index contributed by atoms with van der Waals surface area (Å²) in [4.78, 5) is 0. The minimum absolute atomic E-state index is 0.183. The first-order valence-corrected chi connectivity index (χ1v) is 7.91. The summed E-state index contributed by atoms with van der Waals surface area (Å²) in [7, 11) is 0. The van der Waals surface area contributed by atoms with Crippen molar-refractivity contribution in [3.05, 3.63) is 65.9 Å². The van der Waals surface area contributed by atoms with Crippen molar-refractivity contribution >= 4 is 5.69 Å². The van der Waals surface area contributed by atoms with Crippen LogP contribution in [0.5, 0.6) is 5.75 Å². The van der Waals surface area contributed by atoms with Crippen molar-refractivity contribution in [2.45, 2.75) is 19.1 Å². The van der Waals surface area contributed by atoms with Gasteiger partial charge in [-0.25, -0.2) is 0 Å². The number of anilines is 1. The van der Waals surface area contributed by atoms with Gasteiger partial charge < -0.3 is 10.1 Å². The molecule has 0 aliphatic rings. The number of benzene rings is 2. The van der Waals surface area contributed by atoms with Gasteiger partial charge in [0.2, 0.25) is 0 Å². The van der Waals surface area contributed by atoms with E-state index in [2.05, 4.69) is 20.3 Å². The Labute approximate surface area is 155 Å². The highest BCUT2D eigenvalue weighted by Crippen LogP contribution is 2.31. The summed E-state index contributed by atoms with van der Waals surface area (Å²) in [5, 5.41) is 9.53. The molecule has 3 rings (SSSR count). The van der Waals surface area contributed by atoms with Gasteiger partial charge in [-0.2, -0.15) is 18.3 Å². The summed E-state index contributed by atoms with van der Waals surface area (Å²) in [6, 6.07) is 9.87. The van der Waals surface area contributed by atoms with E-state index in [1.165, 1.54) is 36.5 Å². The summed E-state index contributed by atoms with van der Waals surface area (Å²) in [6.07, 6.45) is -7.74. The molecule has 0 saturated carbocycles. The smallest absolute Gasteiger partial charge is 0.406 e. The normalized spacial score (nSPS) is 12.1. The zero-order valence-corrected chi connectivity index (χ0v) is 14.0. The van der Waals surface area contributed by atoms with Gasteiger partial charge in [0.15, 0.2) is 0 Å². The van der Waals surface area contributed by atoms with Gasteiger partial charge in [-0.1, -0.05) is 18.2 Å². The third-order valence-corrected chi connectivity index (χ3v) is 3.77. The van der Waals surface area contributed by atoms with E-state index in [4.69, 9.17) is 0 Å². The van der Waals surface area contributed by atoms with Crippen molar-refractivity contribution in [1.82, 2.24) is 10.2 Å². The van der Waals surface area contributed by atoms with E-state index >= 15 is 0 Å². The van der Waals surface area contributed by atoms with Crippen LogP contribution >= 0.6 is 0 Å². The standard InChI is InChI=1S/C18H13F6N3O/c19-17(20,21)13-6-4-11(5-7-13)16-12(10-26-27-16)9-25-14-2-1-3-15(8-14)28-18(22,23)24/h1-8,10,25H,9H2,(H,26,27). The maximum atomic E-state index is 12.7. The minimum atomic E-state index is -4.79. The van der Waals surface area contributed by atoms with E-state index in [0.29, 0.717) is 22.5 Å². The molecule has 0 amide bonds. The van der Waals surface area contributed by atoms with Crippen LogP contribution in [0.1, 0.15) is 11.1 Å². The molecule has 2 N–H and O–H groups in total. The van der Waals surface area contributed by atoms with E-state index in [1.807, 2.05) is 0 Å². The maximum absolute atomic E-state index is 12.7. The first kappa shape index (κ1) is 19.6. The quantitative estimate of drug-likeness (QED) is 0.547. The molecule has 0 bridgehead atoms. The number of hydrogen-bond acceptors (Lipinski definition) is 3. The maximum Gasteiger partial charge on any atom is 0.573 e. The molecule has 0 saturated heterocycles. The van der Waals surface area contributed by atoms with Crippen LogP contribution in [0.25, 0.3) is 11.3 Å². The van der Waals surface area contributed by atoms with Crippen LogP contribution in [-0.2, 0) is 12.7 Å². The number of alkyl halides is 6. The molecule has 4 nitrogen and oxygen atoms in total. The lowest BCUT2D eigenvalue weighted by Crippen LogP contribution is -2.17. The molecule has 3 aromatic rings. The summed E-state index contributed by atoms with van der Waals surface area (Å²) < 4.78 is 78.8. The molecule has 2 aromatic carbocycles. The fourth-order valence-electron chi connectivity index (χ4n) is 2.52. The number of aromatic nitrogens is 2. The Hall–Kier alpha value is -3.17. The fraction of sp³-hybridized carbons (Fsp3) is 0.167. The van der Waals surface area contributed by atoms with Gasteiger partial charge in [-0.3, -0.25) is 5.10 Å². The van der Waals surface area contributed by atoms with Gasteiger partial charge in [0.05, 0.1) is 17.5 Å². The molecule has 0 radical (unpaired) electrons. The molecule has 148 valence electrons. The monoisotopic (exact) mass is 401 g/mol. The summed E-state index contributed by atoms with van der Waals surface area (Å²) in [5.74, 6) is -0.368. The van der Waals surface area contributed by atoms with Gasteiger partial charge in [0, 0.05) is 23.9 Å². The average Bonchev–Trinajstić information content (AvgIpc) is 3.07. The number of ether oxygens (including phenoxy) is 1. The Bertz CT molecular complexity index is 931. The highest BCUT2D eigenvalue weighted by molar-refractivity contribution is 5.63. The lowest BCUT2D eigenvalue weighted by Gasteiger charge is -2.12. The van der Waals surface area contributed by atoms with Gasteiger partial charge in [0.25, 0.3) is 0 Å². The minimum Gasteiger partial charge on any atom is -0.406 e. The van der Waals surface area contributed by atoms with E-state index in [-0.39, 0.29) is 12.3 Å². The number of rotatable bonds is 5. The predicted octanol–water partition coefficient (Wildman–Crippen LogP) is 5.61. The Kier molecular flexibility index (Phi) is 5.21. The molecule has 0 fully saturated rings. The SMILES string of the molecule is FC(F)(F)Oc1cccc(NCc2cn[nH]c2-c2ccc(C(F)(F)F)cc2)c1. The van der Waals surface area contributed by atoms with Crippen molar-refractivity contribution in [2.24, 2.45) is 0 Å². The highest BCUT2D eigenvalue weighted by Gasteiger charge is 2.31. The molecule has 0 unspecified atom stereocenters. The Morgan fingerprint density at radius 1 is 0.964 bits per heavy atom. The summed E-state index contributed by atoms with van der Waals surface area (Å²) >= 11 is 0. The average molecular weight is 401 g/mol. The van der Waals surface area contributed by atoms with Crippen molar-refractivity contribution in [3.8, 4) is 17.0 Å². The van der Waals surface area contributed by atoms with Crippen molar-refractivity contribution in [2.75, 3.05) is 5.32 Å². The van der Waals surface area contributed by atoms with Gasteiger partial charge >= 0.3 is 12.5 Å². The Balaban J connectivity index is 1.72. The second-order valence-corrected chi connectivity index (χ2v) is 5.77. The summed E-state index contributed by atoms with van der Waals surface area (Å²) in [6.45, 7) is 0.183. The molecule has 0 spiro atoms. The number of nitrogens with one attached hydrogen (secondary N) is 2. The van der Waals surface area contributed by atoms with Crippen LogP contribution in [-0.4, -0.2) is 16.6 Å². The first-order valence-electron chi connectivity index (χ1n) is 7.91. The van der Waals surface area contributed by atoms with E-state index < -0.39 is 18.1 Å². The van der Waals surface area contributed by atoms with E-state index in [0.717, 1.165) is 12.1 Å². The number of nitrogens with zero attached hydrogens (tertiary/aromatic N) is 1. The Morgan fingerprint density at radius 2 is 1.68 bits per heavy atom. The van der Waals surface area contributed by atoms with Crippen molar-refractivity contribution in [1.29, 1.82) is 0 Å². The molecule has 1 aromatic heterocycles. The van der Waals surface area contributed by atoms with Crippen LogP contribution in [0.2, 0.25) is 0 Å². The zero-order valence-electron chi connectivity index (χ0n) is 14.0. The Morgan fingerprint density at radius 3 is 2.32 bits per heavy atom. The van der Waals surface area contributed by atoms with Crippen LogP contribution in [0, 0.1) is 0 Å². The number of aromatic amines is 1. The van der Waals surface area contributed by atoms with Gasteiger partial charge in [-0.05, 0) is 29.8 Å². The fourth-order valence-corrected chi connectivity index (χ4v) is 2.52. The van der Waals surface area contributed by atoms with E-state index in [9.17, 15) is 26.3 Å². The number of halogens is 6. The van der Waals surface area contributed by atoms with E-state index in [1.54, 1.807) is 6.07 Å². The molecule has 1 heterocycles. The predicted molar refractivity (Wildman–Crippen MR) is 89.5 cm³/mol. The largest absolute Gasteiger partial charge is 0.573 e. The second-order valence-electron chi connectivity index (χ2n) is 5.77. The second kappa shape index (κ2) is 7.45. The first-order chi connectivity index (χ1) is 13.1. The van der Waals surface area contributed by atoms with Crippen LogP contribution in [0.3, 0.4) is 0 Å². The molecular weight excluding hydrogens is 388 g/mol. The molecule has 10 heteroatoms.